The van der Waals surface area contributed by atoms with E-state index in [1.165, 1.54) is 6.33 Å². The average molecular weight is 884 g/mol. The smallest absolute Gasteiger partial charge is 0.255 e. The highest BCUT2D eigenvalue weighted by atomic mass is 16.5. The van der Waals surface area contributed by atoms with Crippen LogP contribution in [0.15, 0.2) is 85.3 Å². The van der Waals surface area contributed by atoms with Crippen molar-refractivity contribution in [2.24, 2.45) is 7.05 Å². The highest BCUT2D eigenvalue weighted by molar-refractivity contribution is 6.05. The Labute approximate surface area is 378 Å². The van der Waals surface area contributed by atoms with Crippen molar-refractivity contribution >= 4 is 35.0 Å². The number of rotatable bonds is 20. The second-order valence-electron chi connectivity index (χ2n) is 16.7. The van der Waals surface area contributed by atoms with Crippen LogP contribution in [-0.2, 0) is 34.5 Å². The molecule has 2 aromatic heterocycles. The van der Waals surface area contributed by atoms with E-state index in [-0.39, 0.29) is 36.1 Å². The van der Waals surface area contributed by atoms with Crippen molar-refractivity contribution < 1.29 is 28.7 Å². The van der Waals surface area contributed by atoms with E-state index >= 15 is 0 Å². The van der Waals surface area contributed by atoms with E-state index in [2.05, 4.69) is 52.0 Å². The van der Waals surface area contributed by atoms with Crippen molar-refractivity contribution in [3.05, 3.63) is 113 Å². The maximum Gasteiger partial charge on any atom is 0.255 e. The number of nitrogens with one attached hydrogen (secondary N) is 3. The molecule has 5 heterocycles. The number of imide groups is 1. The average Bonchev–Trinajstić information content (AvgIpc) is 3.86. The Morgan fingerprint density at radius 3 is 2.55 bits per heavy atom. The summed E-state index contributed by atoms with van der Waals surface area (Å²) < 4.78 is 14.0. The van der Waals surface area contributed by atoms with Crippen molar-refractivity contribution in [1.82, 2.24) is 45.2 Å². The van der Waals surface area contributed by atoms with Gasteiger partial charge < -0.3 is 34.5 Å². The molecule has 3 aliphatic rings. The zero-order valence-corrected chi connectivity index (χ0v) is 37.1. The van der Waals surface area contributed by atoms with Gasteiger partial charge in [-0.15, -0.1) is 10.2 Å². The topological polar surface area (TPSA) is 189 Å². The zero-order valence-electron chi connectivity index (χ0n) is 37.1. The molecule has 2 fully saturated rings. The minimum Gasteiger partial charge on any atom is -0.494 e. The van der Waals surface area contributed by atoms with Gasteiger partial charge in [0, 0.05) is 88.0 Å². The quantitative estimate of drug-likeness (QED) is 0.0707. The predicted octanol–water partition coefficient (Wildman–Crippen LogP) is 4.91. The fourth-order valence-corrected chi connectivity index (χ4v) is 8.48. The Balaban J connectivity index is 0.671. The van der Waals surface area contributed by atoms with Crippen LogP contribution in [0, 0.1) is 0 Å². The summed E-state index contributed by atoms with van der Waals surface area (Å²) in [6, 6.07) is 22.2. The molecule has 2 atom stereocenters. The van der Waals surface area contributed by atoms with E-state index in [1.54, 1.807) is 23.2 Å². The van der Waals surface area contributed by atoms with E-state index in [0.717, 1.165) is 99.1 Å². The minimum atomic E-state index is -0.603. The Morgan fingerprint density at radius 2 is 1.74 bits per heavy atom. The molecule has 1 unspecified atom stereocenters. The molecule has 17 nitrogen and oxygen atoms in total. The highest BCUT2D eigenvalue weighted by Crippen LogP contribution is 2.31. The third-order valence-corrected chi connectivity index (χ3v) is 12.3. The van der Waals surface area contributed by atoms with Crippen molar-refractivity contribution in [3.63, 3.8) is 0 Å². The summed E-state index contributed by atoms with van der Waals surface area (Å²) in [6.45, 7) is 9.39. The summed E-state index contributed by atoms with van der Waals surface area (Å²) in [5.41, 5.74) is 5.66. The Hall–Kier alpha value is -6.72. The second kappa shape index (κ2) is 21.3. The minimum absolute atomic E-state index is 0.144. The number of fused-ring (bicyclic) bond motifs is 1. The molecule has 3 N–H and O–H groups in total. The molecule has 0 saturated carbocycles. The Kier molecular flexibility index (Phi) is 14.7. The van der Waals surface area contributed by atoms with Crippen LogP contribution >= 0.6 is 0 Å². The summed E-state index contributed by atoms with van der Waals surface area (Å²) in [5.74, 6) is 1.18. The van der Waals surface area contributed by atoms with Gasteiger partial charge in [0.25, 0.3) is 11.8 Å². The number of carbonyl (C=O) groups excluding carboxylic acids is 4. The monoisotopic (exact) mass is 883 g/mol. The predicted molar refractivity (Wildman–Crippen MR) is 244 cm³/mol. The number of hydrogen-bond donors (Lipinski definition) is 3. The van der Waals surface area contributed by atoms with Crippen LogP contribution in [0.2, 0.25) is 0 Å². The third kappa shape index (κ3) is 11.3. The van der Waals surface area contributed by atoms with Gasteiger partial charge in [0.2, 0.25) is 11.8 Å². The van der Waals surface area contributed by atoms with Gasteiger partial charge in [-0.25, -0.2) is 9.97 Å². The second-order valence-corrected chi connectivity index (χ2v) is 16.7. The normalized spacial score (nSPS) is 16.9. The molecule has 17 heteroatoms. The standard InChI is InChI=1S/C48H57N11O6/c1-33(52-46(61)35-10-7-11-37(27-35)50-30-43-54-55-45(56(43)2)41-17-18-49-32-51-41)34-9-8-12-39(29-34)65-25-6-4-3-5-24-64-26-23-57-19-21-58(22-20-57)38-13-14-40-36(28-38)31-59(48(40)63)42-15-16-44(60)53-47(42)62/h7-14,17-18,27-29,32-33,42,50H,3-6,15-16,19-26,30-31H2,1-2H3,(H,52,61)(H,53,60,62)/t33-,42?/m1/s1. The van der Waals surface area contributed by atoms with Gasteiger partial charge in [-0.05, 0) is 98.3 Å². The number of unbranched alkanes of at least 4 members (excludes halogenated alkanes) is 3. The van der Waals surface area contributed by atoms with Crippen LogP contribution in [0.25, 0.3) is 11.5 Å². The van der Waals surface area contributed by atoms with Gasteiger partial charge in [-0.3, -0.25) is 29.4 Å². The van der Waals surface area contributed by atoms with Crippen molar-refractivity contribution in [3.8, 4) is 17.3 Å². The van der Waals surface area contributed by atoms with Crippen LogP contribution in [0.5, 0.6) is 5.75 Å². The fraction of sp³-hybridized carbons (Fsp3) is 0.417. The molecule has 0 bridgehead atoms. The van der Waals surface area contributed by atoms with Crippen LogP contribution in [0.4, 0.5) is 11.4 Å². The Bertz CT molecular complexity index is 2460. The lowest BCUT2D eigenvalue weighted by atomic mass is 10.0. The van der Waals surface area contributed by atoms with Crippen LogP contribution < -0.4 is 25.6 Å². The third-order valence-electron chi connectivity index (χ3n) is 12.3. The van der Waals surface area contributed by atoms with Crippen LogP contribution in [-0.4, -0.2) is 117 Å². The van der Waals surface area contributed by atoms with Gasteiger partial charge in [-0.1, -0.05) is 24.6 Å². The molecule has 0 aliphatic carbocycles. The van der Waals surface area contributed by atoms with E-state index in [1.807, 2.05) is 73.1 Å². The van der Waals surface area contributed by atoms with Crippen molar-refractivity contribution in [1.29, 1.82) is 0 Å². The van der Waals surface area contributed by atoms with Crippen molar-refractivity contribution in [2.45, 2.75) is 70.6 Å². The molecule has 0 spiro atoms. The van der Waals surface area contributed by atoms with Gasteiger partial charge in [0.05, 0.1) is 25.8 Å². The Morgan fingerprint density at radius 1 is 0.908 bits per heavy atom. The molecule has 3 aromatic carbocycles. The number of carbonyl (C=O) groups is 4. The number of nitrogens with zero attached hydrogens (tertiary/aromatic N) is 8. The van der Waals surface area contributed by atoms with E-state index < -0.39 is 6.04 Å². The first-order valence-corrected chi connectivity index (χ1v) is 22.5. The number of anilines is 2. The first kappa shape index (κ1) is 44.9. The molecular weight excluding hydrogens is 827 g/mol. The highest BCUT2D eigenvalue weighted by Gasteiger charge is 2.39. The first-order chi connectivity index (χ1) is 31.7. The molecule has 8 rings (SSSR count). The maximum absolute atomic E-state index is 13.3. The molecule has 340 valence electrons. The number of aromatic nitrogens is 5. The van der Waals surface area contributed by atoms with Crippen LogP contribution in [0.1, 0.15) is 89.2 Å². The number of piperidine rings is 1. The molecule has 5 aromatic rings. The van der Waals surface area contributed by atoms with Gasteiger partial charge >= 0.3 is 0 Å². The molecule has 65 heavy (non-hydrogen) atoms. The largest absolute Gasteiger partial charge is 0.494 e. The number of benzene rings is 3. The molecule has 2 saturated heterocycles. The molecule has 3 aliphatic heterocycles. The summed E-state index contributed by atoms with van der Waals surface area (Å²) in [4.78, 5) is 65.0. The van der Waals surface area contributed by atoms with Crippen LogP contribution in [0.3, 0.4) is 0 Å². The summed E-state index contributed by atoms with van der Waals surface area (Å²) in [5, 5.41) is 17.4. The zero-order chi connectivity index (χ0) is 45.1. The summed E-state index contributed by atoms with van der Waals surface area (Å²) in [7, 11) is 1.89. The molecule has 0 radical (unpaired) electrons. The summed E-state index contributed by atoms with van der Waals surface area (Å²) in [6.07, 6.45) is 7.85. The summed E-state index contributed by atoms with van der Waals surface area (Å²) >= 11 is 0. The van der Waals surface area contributed by atoms with Gasteiger partial charge in [0.1, 0.15) is 23.8 Å². The first-order valence-electron chi connectivity index (χ1n) is 22.5. The number of hydrogen-bond acceptors (Lipinski definition) is 13. The van der Waals surface area contributed by atoms with E-state index in [0.29, 0.717) is 55.4 Å². The lowest BCUT2D eigenvalue weighted by molar-refractivity contribution is -0.136. The number of amides is 4. The van der Waals surface area contributed by atoms with Gasteiger partial charge in [-0.2, -0.15) is 0 Å². The molecular formula is C48H57N11O6. The lowest BCUT2D eigenvalue weighted by Crippen LogP contribution is -2.52. The maximum atomic E-state index is 13.3. The number of piperazine rings is 1. The fourth-order valence-electron chi connectivity index (χ4n) is 8.48. The SMILES string of the molecule is C[C@@H](NC(=O)c1cccc(NCc2nnc(-c3ccncn3)n2C)c1)c1cccc(OCCCCCCOCCN2CCN(c3ccc4c(c3)CN(C3CCC(=O)NC3=O)C4=O)CC2)c1. The van der Waals surface area contributed by atoms with E-state index in [4.69, 9.17) is 9.47 Å². The van der Waals surface area contributed by atoms with E-state index in [9.17, 15) is 19.2 Å². The molecule has 4 amide bonds. The number of ether oxygens (including phenoxy) is 2. The lowest BCUT2D eigenvalue weighted by Gasteiger charge is -2.36. The van der Waals surface area contributed by atoms with Gasteiger partial charge in [0.15, 0.2) is 11.6 Å². The van der Waals surface area contributed by atoms with Crippen molar-refractivity contribution in [2.75, 3.05) is 62.8 Å².